The number of carbonyl (C=O) groups is 1. The molecule has 2 atom stereocenters. The molecule has 2 heterocycles. The Morgan fingerprint density at radius 1 is 1.27 bits per heavy atom. The zero-order valence-electron chi connectivity index (χ0n) is 13.7. The molecule has 2 saturated heterocycles. The number of hydrogen-bond acceptors (Lipinski definition) is 5. The monoisotopic (exact) mass is 348 g/mol. The molecule has 0 aromatic carbocycles. The van der Waals surface area contributed by atoms with Crippen LogP contribution >= 0.6 is 11.8 Å². The third kappa shape index (κ3) is 4.86. The van der Waals surface area contributed by atoms with Gasteiger partial charge in [-0.15, -0.1) is 11.8 Å². The lowest BCUT2D eigenvalue weighted by Gasteiger charge is -2.38. The van der Waals surface area contributed by atoms with Crippen LogP contribution in [0.3, 0.4) is 0 Å². The van der Waals surface area contributed by atoms with Crippen molar-refractivity contribution in [3.05, 3.63) is 0 Å². The SMILES string of the molecule is CCCCSC(C)C(=O)N1CCN(C2CCS(=O)(=O)C2)CC1. The first kappa shape index (κ1) is 18.1. The standard InChI is InChI=1S/C15H28N2O3S2/c1-3-4-10-21-13(2)15(18)17-8-6-16(7-9-17)14-5-11-22(19,20)12-14/h13-14H,3-12H2,1-2H3. The summed E-state index contributed by atoms with van der Waals surface area (Å²) in [6.45, 7) is 7.23. The summed E-state index contributed by atoms with van der Waals surface area (Å²) in [4.78, 5) is 16.6. The number of sulfone groups is 1. The van der Waals surface area contributed by atoms with E-state index in [0.717, 1.165) is 51.2 Å². The van der Waals surface area contributed by atoms with Gasteiger partial charge in [-0.2, -0.15) is 0 Å². The van der Waals surface area contributed by atoms with Crippen molar-refractivity contribution >= 4 is 27.5 Å². The zero-order valence-corrected chi connectivity index (χ0v) is 15.3. The molecule has 0 N–H and O–H groups in total. The molecular formula is C15H28N2O3S2. The molecular weight excluding hydrogens is 320 g/mol. The minimum Gasteiger partial charge on any atom is -0.339 e. The Balaban J connectivity index is 1.76. The Kier molecular flexibility index (Phi) is 6.58. The topological polar surface area (TPSA) is 57.7 Å². The van der Waals surface area contributed by atoms with Crippen LogP contribution in [0.25, 0.3) is 0 Å². The maximum Gasteiger partial charge on any atom is 0.235 e. The van der Waals surface area contributed by atoms with E-state index in [1.165, 1.54) is 0 Å². The normalized spacial score (nSPS) is 27.0. The fourth-order valence-electron chi connectivity index (χ4n) is 3.10. The second-order valence-corrected chi connectivity index (χ2v) is 9.96. The lowest BCUT2D eigenvalue weighted by atomic mass is 10.2. The number of thioether (sulfide) groups is 1. The van der Waals surface area contributed by atoms with Crippen molar-refractivity contribution in [2.24, 2.45) is 0 Å². The van der Waals surface area contributed by atoms with E-state index in [9.17, 15) is 13.2 Å². The molecule has 0 radical (unpaired) electrons. The van der Waals surface area contributed by atoms with Gasteiger partial charge in [0.2, 0.25) is 5.91 Å². The Morgan fingerprint density at radius 3 is 2.50 bits per heavy atom. The second-order valence-electron chi connectivity index (χ2n) is 6.28. The first-order chi connectivity index (χ1) is 10.4. The van der Waals surface area contributed by atoms with Gasteiger partial charge in [0, 0.05) is 32.2 Å². The van der Waals surface area contributed by atoms with E-state index in [2.05, 4.69) is 11.8 Å². The minimum atomic E-state index is -2.83. The molecule has 0 aliphatic carbocycles. The van der Waals surface area contributed by atoms with Crippen LogP contribution in [0.15, 0.2) is 0 Å². The molecule has 5 nitrogen and oxygen atoms in total. The Bertz CT molecular complexity index is 473. The lowest BCUT2D eigenvalue weighted by molar-refractivity contribution is -0.132. The number of nitrogens with zero attached hydrogens (tertiary/aromatic N) is 2. The van der Waals surface area contributed by atoms with Crippen LogP contribution in [-0.2, 0) is 14.6 Å². The van der Waals surface area contributed by atoms with Crippen molar-refractivity contribution in [1.29, 1.82) is 0 Å². The largest absolute Gasteiger partial charge is 0.339 e. The second kappa shape index (κ2) is 8.02. The number of hydrogen-bond donors (Lipinski definition) is 0. The highest BCUT2D eigenvalue weighted by atomic mass is 32.2. The summed E-state index contributed by atoms with van der Waals surface area (Å²) in [5, 5.41) is 0.0324. The van der Waals surface area contributed by atoms with Gasteiger partial charge in [-0.3, -0.25) is 9.69 Å². The average molecular weight is 349 g/mol. The van der Waals surface area contributed by atoms with Crippen LogP contribution in [0.1, 0.15) is 33.1 Å². The molecule has 128 valence electrons. The highest BCUT2D eigenvalue weighted by molar-refractivity contribution is 8.00. The highest BCUT2D eigenvalue weighted by Gasteiger charge is 2.34. The van der Waals surface area contributed by atoms with Crippen LogP contribution < -0.4 is 0 Å². The van der Waals surface area contributed by atoms with E-state index in [1.54, 1.807) is 11.8 Å². The molecule has 0 saturated carbocycles. The summed E-state index contributed by atoms with van der Waals surface area (Å²) in [5.74, 6) is 1.90. The van der Waals surface area contributed by atoms with Crippen molar-refractivity contribution in [2.45, 2.75) is 44.4 Å². The molecule has 2 aliphatic heterocycles. The number of rotatable bonds is 6. The Labute approximate surface area is 138 Å². The van der Waals surface area contributed by atoms with Gasteiger partial charge in [0.25, 0.3) is 0 Å². The summed E-state index contributed by atoms with van der Waals surface area (Å²) in [6, 6.07) is 0.165. The third-order valence-corrected chi connectivity index (χ3v) is 7.54. The molecule has 7 heteroatoms. The van der Waals surface area contributed by atoms with Crippen molar-refractivity contribution in [3.8, 4) is 0 Å². The van der Waals surface area contributed by atoms with Gasteiger partial charge in [0.05, 0.1) is 16.8 Å². The first-order valence-corrected chi connectivity index (χ1v) is 11.1. The molecule has 0 aromatic rings. The predicted octanol–water partition coefficient (Wildman–Crippen LogP) is 1.24. The maximum atomic E-state index is 12.4. The molecule has 0 aromatic heterocycles. The van der Waals surface area contributed by atoms with Crippen molar-refractivity contribution in [3.63, 3.8) is 0 Å². The van der Waals surface area contributed by atoms with Gasteiger partial charge in [0.1, 0.15) is 0 Å². The molecule has 0 bridgehead atoms. The smallest absolute Gasteiger partial charge is 0.235 e. The van der Waals surface area contributed by atoms with Crippen molar-refractivity contribution in [2.75, 3.05) is 43.4 Å². The van der Waals surface area contributed by atoms with Gasteiger partial charge in [-0.1, -0.05) is 13.3 Å². The molecule has 1 amide bonds. The summed E-state index contributed by atoms with van der Waals surface area (Å²) < 4.78 is 23.2. The van der Waals surface area contributed by atoms with Gasteiger partial charge >= 0.3 is 0 Å². The summed E-state index contributed by atoms with van der Waals surface area (Å²) in [7, 11) is -2.83. The fraction of sp³-hybridized carbons (Fsp3) is 0.933. The van der Waals surface area contributed by atoms with E-state index in [4.69, 9.17) is 0 Å². The van der Waals surface area contributed by atoms with E-state index in [-0.39, 0.29) is 17.2 Å². The van der Waals surface area contributed by atoms with Gasteiger partial charge in [0.15, 0.2) is 9.84 Å². The van der Waals surface area contributed by atoms with E-state index >= 15 is 0 Å². The third-order valence-electron chi connectivity index (χ3n) is 4.56. The van der Waals surface area contributed by atoms with Crippen LogP contribution in [0.4, 0.5) is 0 Å². The Hall–Kier alpha value is -0.270. The summed E-state index contributed by atoms with van der Waals surface area (Å²) >= 11 is 1.74. The van der Waals surface area contributed by atoms with E-state index < -0.39 is 9.84 Å². The quantitative estimate of drug-likeness (QED) is 0.676. The first-order valence-electron chi connectivity index (χ1n) is 8.28. The number of carbonyl (C=O) groups excluding carboxylic acids is 1. The van der Waals surface area contributed by atoms with E-state index in [0.29, 0.717) is 11.5 Å². The molecule has 2 rings (SSSR count). The van der Waals surface area contributed by atoms with Crippen LogP contribution in [-0.4, -0.2) is 78.9 Å². The molecule has 2 fully saturated rings. The summed E-state index contributed by atoms with van der Waals surface area (Å²) in [5.41, 5.74) is 0. The van der Waals surface area contributed by atoms with Crippen LogP contribution in [0.2, 0.25) is 0 Å². The maximum absolute atomic E-state index is 12.4. The van der Waals surface area contributed by atoms with E-state index in [1.807, 2.05) is 11.8 Å². The summed E-state index contributed by atoms with van der Waals surface area (Å²) in [6.07, 6.45) is 3.07. The molecule has 0 spiro atoms. The van der Waals surface area contributed by atoms with Crippen LogP contribution in [0.5, 0.6) is 0 Å². The van der Waals surface area contributed by atoms with Gasteiger partial charge in [-0.05, 0) is 25.5 Å². The molecule has 2 unspecified atom stereocenters. The molecule has 22 heavy (non-hydrogen) atoms. The van der Waals surface area contributed by atoms with Gasteiger partial charge < -0.3 is 4.90 Å². The predicted molar refractivity (Wildman–Crippen MR) is 92.0 cm³/mol. The lowest BCUT2D eigenvalue weighted by Crippen LogP contribution is -2.53. The van der Waals surface area contributed by atoms with Crippen LogP contribution in [0, 0.1) is 0 Å². The zero-order chi connectivity index (χ0) is 16.2. The van der Waals surface area contributed by atoms with Crippen molar-refractivity contribution < 1.29 is 13.2 Å². The van der Waals surface area contributed by atoms with Gasteiger partial charge in [-0.25, -0.2) is 8.42 Å². The fourth-order valence-corrected chi connectivity index (χ4v) is 5.97. The minimum absolute atomic E-state index is 0.0324. The number of unbranched alkanes of at least 4 members (excludes halogenated alkanes) is 1. The highest BCUT2D eigenvalue weighted by Crippen LogP contribution is 2.21. The number of amides is 1. The Morgan fingerprint density at radius 2 is 1.95 bits per heavy atom. The average Bonchev–Trinajstić information content (AvgIpc) is 2.87. The van der Waals surface area contributed by atoms with Crippen molar-refractivity contribution in [1.82, 2.24) is 9.80 Å². The molecule has 2 aliphatic rings. The number of piperazine rings is 1.